The molecule has 5 rings (SSSR count). The Hall–Kier alpha value is -3.06. The molecule has 1 amide bonds. The maximum absolute atomic E-state index is 13.3. The molecule has 0 spiro atoms. The third-order valence-electron chi connectivity index (χ3n) is 5.70. The molecule has 31 heavy (non-hydrogen) atoms. The first kappa shape index (κ1) is 19.9. The van der Waals surface area contributed by atoms with Crippen LogP contribution < -0.4 is 9.47 Å². The molecule has 2 aromatic carbocycles. The molecule has 160 valence electrons. The second-order valence-corrected chi connectivity index (χ2v) is 8.22. The first-order valence-electron chi connectivity index (χ1n) is 10.5. The van der Waals surface area contributed by atoms with Crippen LogP contribution in [-0.2, 0) is 0 Å². The van der Waals surface area contributed by atoms with Crippen LogP contribution in [-0.4, -0.2) is 45.3 Å². The van der Waals surface area contributed by atoms with E-state index in [4.69, 9.17) is 21.1 Å². The number of benzene rings is 2. The lowest BCUT2D eigenvalue weighted by molar-refractivity contribution is 0.0723. The molecular weight excluding hydrogens is 416 g/mol. The summed E-state index contributed by atoms with van der Waals surface area (Å²) in [5.41, 5.74) is 1.86. The molecule has 1 saturated heterocycles. The summed E-state index contributed by atoms with van der Waals surface area (Å²) >= 11 is 5.99. The number of ether oxygens (including phenoxy) is 2. The number of halogens is 1. The van der Waals surface area contributed by atoms with E-state index < -0.39 is 0 Å². The summed E-state index contributed by atoms with van der Waals surface area (Å²) in [6.45, 7) is 3.80. The van der Waals surface area contributed by atoms with Gasteiger partial charge in [-0.3, -0.25) is 4.79 Å². The van der Waals surface area contributed by atoms with E-state index in [2.05, 4.69) is 10.1 Å². The Balaban J connectivity index is 1.41. The molecule has 0 N–H and O–H groups in total. The third kappa shape index (κ3) is 3.85. The highest BCUT2D eigenvalue weighted by Crippen LogP contribution is 2.38. The van der Waals surface area contributed by atoms with Crippen molar-refractivity contribution in [1.29, 1.82) is 0 Å². The Labute approximate surface area is 185 Å². The van der Waals surface area contributed by atoms with Crippen molar-refractivity contribution in [3.63, 3.8) is 0 Å². The lowest BCUT2D eigenvalue weighted by atomic mass is 10.0. The van der Waals surface area contributed by atoms with Crippen LogP contribution in [0.25, 0.3) is 5.69 Å². The normalized spacial score (nSPS) is 18.1. The highest BCUT2D eigenvalue weighted by molar-refractivity contribution is 6.30. The van der Waals surface area contributed by atoms with Gasteiger partial charge >= 0.3 is 0 Å². The summed E-state index contributed by atoms with van der Waals surface area (Å²) < 4.78 is 13.2. The van der Waals surface area contributed by atoms with Crippen LogP contribution in [0.1, 0.15) is 47.3 Å². The summed E-state index contributed by atoms with van der Waals surface area (Å²) in [5.74, 6) is 2.20. The Morgan fingerprint density at radius 3 is 2.65 bits per heavy atom. The Kier molecular flexibility index (Phi) is 5.28. The molecule has 7 nitrogen and oxygen atoms in total. The number of nitrogens with zero attached hydrogens (tertiary/aromatic N) is 4. The fraction of sp³-hybridized carbons (Fsp3) is 0.348. The van der Waals surface area contributed by atoms with Gasteiger partial charge in [0.25, 0.3) is 5.91 Å². The Morgan fingerprint density at radius 2 is 1.84 bits per heavy atom. The van der Waals surface area contributed by atoms with Gasteiger partial charge in [0.2, 0.25) is 5.82 Å². The topological polar surface area (TPSA) is 69.5 Å². The van der Waals surface area contributed by atoms with Crippen molar-refractivity contribution in [2.45, 2.75) is 32.2 Å². The van der Waals surface area contributed by atoms with Gasteiger partial charge in [0.15, 0.2) is 11.5 Å². The summed E-state index contributed by atoms with van der Waals surface area (Å²) in [6.07, 6.45) is 2.68. The SMILES string of the molecule is Cc1nc(C(=O)N2CCCC2c2ccc3c(c2)OCCCO3)nn1-c1ccc(Cl)cc1. The van der Waals surface area contributed by atoms with E-state index in [1.807, 2.05) is 42.2 Å². The van der Waals surface area contributed by atoms with E-state index in [0.29, 0.717) is 30.6 Å². The first-order chi connectivity index (χ1) is 15.1. The first-order valence-corrected chi connectivity index (χ1v) is 10.9. The van der Waals surface area contributed by atoms with Crippen LogP contribution in [0.4, 0.5) is 0 Å². The van der Waals surface area contributed by atoms with E-state index in [9.17, 15) is 4.79 Å². The highest BCUT2D eigenvalue weighted by atomic mass is 35.5. The molecule has 2 aliphatic heterocycles. The molecule has 0 bridgehead atoms. The minimum Gasteiger partial charge on any atom is -0.490 e. The number of amides is 1. The number of fused-ring (bicyclic) bond motifs is 1. The minimum absolute atomic E-state index is 0.0348. The van der Waals surface area contributed by atoms with E-state index in [1.54, 1.807) is 16.8 Å². The third-order valence-corrected chi connectivity index (χ3v) is 5.95. The molecule has 1 unspecified atom stereocenters. The molecule has 0 aliphatic carbocycles. The van der Waals surface area contributed by atoms with Gasteiger partial charge in [-0.2, -0.15) is 0 Å². The van der Waals surface area contributed by atoms with Crippen LogP contribution in [0, 0.1) is 6.92 Å². The lowest BCUT2D eigenvalue weighted by Crippen LogP contribution is -2.31. The van der Waals surface area contributed by atoms with Crippen LogP contribution in [0.2, 0.25) is 5.02 Å². The van der Waals surface area contributed by atoms with Crippen molar-refractivity contribution in [3.05, 3.63) is 64.7 Å². The average Bonchev–Trinajstić information content (AvgIpc) is 3.34. The van der Waals surface area contributed by atoms with Crippen LogP contribution in [0.3, 0.4) is 0 Å². The standard InChI is InChI=1S/C23H23ClN4O3/c1-15-25-22(26-28(15)18-8-6-17(24)7-9-18)23(29)27-11-2-4-19(27)16-5-10-20-21(14-16)31-13-3-12-30-20/h5-10,14,19H,2-4,11-13H2,1H3. The largest absolute Gasteiger partial charge is 0.490 e. The number of carbonyl (C=O) groups is 1. The summed E-state index contributed by atoms with van der Waals surface area (Å²) in [7, 11) is 0. The van der Waals surface area contributed by atoms with Gasteiger partial charge in [-0.15, -0.1) is 5.10 Å². The highest BCUT2D eigenvalue weighted by Gasteiger charge is 2.33. The Bertz CT molecular complexity index is 1110. The smallest absolute Gasteiger partial charge is 0.294 e. The van der Waals surface area contributed by atoms with Gasteiger partial charge in [-0.1, -0.05) is 17.7 Å². The van der Waals surface area contributed by atoms with Crippen LogP contribution in [0.5, 0.6) is 11.5 Å². The zero-order chi connectivity index (χ0) is 21.4. The molecule has 1 fully saturated rings. The number of rotatable bonds is 3. The number of carbonyl (C=O) groups excluding carboxylic acids is 1. The molecule has 1 aromatic heterocycles. The van der Waals surface area contributed by atoms with Crippen molar-refractivity contribution in [3.8, 4) is 17.2 Å². The number of hydrogen-bond donors (Lipinski definition) is 0. The molecule has 2 aliphatic rings. The fourth-order valence-electron chi connectivity index (χ4n) is 4.18. The number of hydrogen-bond acceptors (Lipinski definition) is 5. The monoisotopic (exact) mass is 438 g/mol. The Morgan fingerprint density at radius 1 is 1.06 bits per heavy atom. The zero-order valence-corrected chi connectivity index (χ0v) is 18.0. The number of likely N-dealkylation sites (tertiary alicyclic amines) is 1. The molecule has 1 atom stereocenters. The zero-order valence-electron chi connectivity index (χ0n) is 17.3. The molecule has 8 heteroatoms. The van der Waals surface area contributed by atoms with Crippen LogP contribution in [0.15, 0.2) is 42.5 Å². The van der Waals surface area contributed by atoms with Crippen molar-refractivity contribution in [2.75, 3.05) is 19.8 Å². The van der Waals surface area contributed by atoms with E-state index in [1.165, 1.54) is 0 Å². The molecule has 3 aromatic rings. The van der Waals surface area contributed by atoms with Gasteiger partial charge in [0.1, 0.15) is 5.82 Å². The van der Waals surface area contributed by atoms with E-state index in [0.717, 1.165) is 42.0 Å². The van der Waals surface area contributed by atoms with Gasteiger partial charge in [0.05, 0.1) is 24.9 Å². The van der Waals surface area contributed by atoms with Gasteiger partial charge in [-0.05, 0) is 61.7 Å². The number of aryl methyl sites for hydroxylation is 1. The predicted molar refractivity (Wildman–Crippen MR) is 116 cm³/mol. The van der Waals surface area contributed by atoms with Gasteiger partial charge in [-0.25, -0.2) is 9.67 Å². The maximum atomic E-state index is 13.3. The van der Waals surface area contributed by atoms with E-state index in [-0.39, 0.29) is 17.8 Å². The second-order valence-electron chi connectivity index (χ2n) is 7.78. The van der Waals surface area contributed by atoms with E-state index >= 15 is 0 Å². The van der Waals surface area contributed by atoms with Gasteiger partial charge < -0.3 is 14.4 Å². The van der Waals surface area contributed by atoms with Crippen LogP contribution >= 0.6 is 11.6 Å². The van der Waals surface area contributed by atoms with Gasteiger partial charge in [0, 0.05) is 18.0 Å². The average molecular weight is 439 g/mol. The lowest BCUT2D eigenvalue weighted by Gasteiger charge is -2.24. The quantitative estimate of drug-likeness (QED) is 0.607. The summed E-state index contributed by atoms with van der Waals surface area (Å²) in [6, 6.07) is 13.2. The minimum atomic E-state index is -0.162. The maximum Gasteiger partial charge on any atom is 0.294 e. The fourth-order valence-corrected chi connectivity index (χ4v) is 4.31. The molecular formula is C23H23ClN4O3. The molecule has 0 radical (unpaired) electrons. The second kappa shape index (κ2) is 8.23. The molecule has 0 saturated carbocycles. The van der Waals surface area contributed by atoms with Crippen molar-refractivity contribution >= 4 is 17.5 Å². The predicted octanol–water partition coefficient (Wildman–Crippen LogP) is 4.37. The summed E-state index contributed by atoms with van der Waals surface area (Å²) in [5, 5.41) is 5.14. The van der Waals surface area contributed by atoms with Crippen molar-refractivity contribution < 1.29 is 14.3 Å². The number of aromatic nitrogens is 3. The van der Waals surface area contributed by atoms with Crippen molar-refractivity contribution in [1.82, 2.24) is 19.7 Å². The summed E-state index contributed by atoms with van der Waals surface area (Å²) in [4.78, 5) is 19.6. The molecule has 3 heterocycles. The van der Waals surface area contributed by atoms with Crippen molar-refractivity contribution in [2.24, 2.45) is 0 Å².